The van der Waals surface area contributed by atoms with Gasteiger partial charge in [-0.1, -0.05) is 6.08 Å². The molecular formula is C14H25N5O. The Morgan fingerprint density at radius 2 is 1.95 bits per heavy atom. The first-order chi connectivity index (χ1) is 9.74. The fourth-order valence-corrected chi connectivity index (χ4v) is 1.69. The molecule has 0 atom stereocenters. The van der Waals surface area contributed by atoms with E-state index in [0.717, 1.165) is 32.5 Å². The summed E-state index contributed by atoms with van der Waals surface area (Å²) < 4.78 is 5.60. The zero-order valence-corrected chi connectivity index (χ0v) is 12.7. The summed E-state index contributed by atoms with van der Waals surface area (Å²) >= 11 is 0. The zero-order chi connectivity index (χ0) is 14.8. The minimum atomic E-state index is 0.377. The summed E-state index contributed by atoms with van der Waals surface area (Å²) in [5.74, 6) is 1.21. The fraction of sp³-hybridized carbons (Fsp3) is 0.643. The quantitative estimate of drug-likeness (QED) is 0.524. The van der Waals surface area contributed by atoms with Crippen molar-refractivity contribution in [1.82, 2.24) is 15.0 Å². The first kappa shape index (κ1) is 16.2. The van der Waals surface area contributed by atoms with E-state index in [1.165, 1.54) is 0 Å². The highest BCUT2D eigenvalue weighted by Crippen LogP contribution is 2.15. The summed E-state index contributed by atoms with van der Waals surface area (Å²) in [6.07, 6.45) is 3.71. The maximum absolute atomic E-state index is 5.60. The van der Waals surface area contributed by atoms with Crippen LogP contribution in [0.4, 0.5) is 11.9 Å². The number of aromatic nitrogens is 3. The van der Waals surface area contributed by atoms with E-state index in [9.17, 15) is 0 Å². The normalized spacial score (nSPS) is 10.2. The van der Waals surface area contributed by atoms with Gasteiger partial charge >= 0.3 is 6.01 Å². The molecule has 0 saturated heterocycles. The van der Waals surface area contributed by atoms with Crippen LogP contribution in [0, 0.1) is 0 Å². The monoisotopic (exact) mass is 279 g/mol. The van der Waals surface area contributed by atoms with Crippen molar-refractivity contribution in [3.8, 4) is 6.01 Å². The second-order valence-electron chi connectivity index (χ2n) is 4.22. The van der Waals surface area contributed by atoms with Gasteiger partial charge < -0.3 is 15.0 Å². The Hall–Kier alpha value is -1.85. The van der Waals surface area contributed by atoms with Crippen molar-refractivity contribution in [1.29, 1.82) is 0 Å². The van der Waals surface area contributed by atoms with Crippen LogP contribution in [0.1, 0.15) is 33.6 Å². The molecule has 0 unspecified atom stereocenters. The van der Waals surface area contributed by atoms with E-state index in [1.807, 2.05) is 13.0 Å². The van der Waals surface area contributed by atoms with Gasteiger partial charge in [0.1, 0.15) is 0 Å². The molecule has 6 heteroatoms. The molecule has 1 heterocycles. The van der Waals surface area contributed by atoms with Crippen molar-refractivity contribution in [2.75, 3.05) is 36.5 Å². The van der Waals surface area contributed by atoms with E-state index in [2.05, 4.69) is 45.6 Å². The number of allylic oxidation sites excluding steroid dienone is 1. The molecule has 1 aromatic rings. The second kappa shape index (κ2) is 9.12. The van der Waals surface area contributed by atoms with Gasteiger partial charge in [-0.3, -0.25) is 0 Å². The molecule has 0 bridgehead atoms. The second-order valence-corrected chi connectivity index (χ2v) is 4.22. The minimum absolute atomic E-state index is 0.377. The van der Waals surface area contributed by atoms with Crippen LogP contribution in [0.3, 0.4) is 0 Å². The van der Waals surface area contributed by atoms with E-state index in [1.54, 1.807) is 0 Å². The Morgan fingerprint density at radius 3 is 2.55 bits per heavy atom. The molecule has 0 saturated carbocycles. The SMILES string of the molecule is C=CCCCOc1nc(NCC)nc(N(CC)CC)n1. The molecule has 0 aromatic carbocycles. The van der Waals surface area contributed by atoms with Crippen molar-refractivity contribution in [2.24, 2.45) is 0 Å². The molecule has 1 rings (SSSR count). The van der Waals surface area contributed by atoms with Crippen molar-refractivity contribution in [3.63, 3.8) is 0 Å². The van der Waals surface area contributed by atoms with Crippen molar-refractivity contribution in [3.05, 3.63) is 12.7 Å². The topological polar surface area (TPSA) is 63.2 Å². The van der Waals surface area contributed by atoms with Crippen molar-refractivity contribution < 1.29 is 4.74 Å². The van der Waals surface area contributed by atoms with E-state index in [0.29, 0.717) is 24.5 Å². The number of hydrogen-bond acceptors (Lipinski definition) is 6. The van der Waals surface area contributed by atoms with Gasteiger partial charge in [0.2, 0.25) is 11.9 Å². The fourth-order valence-electron chi connectivity index (χ4n) is 1.69. The smallest absolute Gasteiger partial charge is 0.323 e. The van der Waals surface area contributed by atoms with Crippen LogP contribution in [0.25, 0.3) is 0 Å². The van der Waals surface area contributed by atoms with Gasteiger partial charge in [-0.05, 0) is 33.6 Å². The largest absolute Gasteiger partial charge is 0.463 e. The van der Waals surface area contributed by atoms with Crippen LogP contribution < -0.4 is 15.0 Å². The third kappa shape index (κ3) is 5.03. The summed E-state index contributed by atoms with van der Waals surface area (Å²) in [5, 5.41) is 3.11. The van der Waals surface area contributed by atoms with Crippen LogP contribution in [0.5, 0.6) is 6.01 Å². The van der Waals surface area contributed by atoms with Crippen LogP contribution >= 0.6 is 0 Å². The third-order valence-electron chi connectivity index (χ3n) is 2.77. The third-order valence-corrected chi connectivity index (χ3v) is 2.77. The standard InChI is InChI=1S/C14H25N5O/c1-5-9-10-11-20-14-17-12(15-6-2)16-13(18-14)19(7-3)8-4/h5H,1,6-11H2,2-4H3,(H,15,16,17,18). The first-order valence-corrected chi connectivity index (χ1v) is 7.23. The van der Waals surface area contributed by atoms with E-state index >= 15 is 0 Å². The summed E-state index contributed by atoms with van der Waals surface area (Å²) in [6.45, 7) is 12.9. The molecule has 0 amide bonds. The number of unbranched alkanes of at least 4 members (excludes halogenated alkanes) is 1. The molecule has 0 radical (unpaired) electrons. The molecule has 112 valence electrons. The zero-order valence-electron chi connectivity index (χ0n) is 12.7. The average molecular weight is 279 g/mol. The van der Waals surface area contributed by atoms with Crippen LogP contribution in [-0.2, 0) is 0 Å². The summed E-state index contributed by atoms with van der Waals surface area (Å²) in [6, 6.07) is 0.377. The summed E-state index contributed by atoms with van der Waals surface area (Å²) in [7, 11) is 0. The molecule has 20 heavy (non-hydrogen) atoms. The highest BCUT2D eigenvalue weighted by atomic mass is 16.5. The number of ether oxygens (including phenoxy) is 1. The number of rotatable bonds is 10. The van der Waals surface area contributed by atoms with Crippen molar-refractivity contribution in [2.45, 2.75) is 33.6 Å². The maximum atomic E-state index is 5.60. The Bertz CT molecular complexity index is 407. The van der Waals surface area contributed by atoms with Crippen LogP contribution in [0.2, 0.25) is 0 Å². The predicted octanol–water partition coefficient (Wildman–Crippen LogP) is 2.49. The summed E-state index contributed by atoms with van der Waals surface area (Å²) in [5.41, 5.74) is 0. The van der Waals surface area contributed by atoms with Gasteiger partial charge in [-0.15, -0.1) is 6.58 Å². The van der Waals surface area contributed by atoms with Crippen molar-refractivity contribution >= 4 is 11.9 Å². The van der Waals surface area contributed by atoms with Crippen LogP contribution in [0.15, 0.2) is 12.7 Å². The Kier molecular flexibility index (Phi) is 7.39. The van der Waals surface area contributed by atoms with Gasteiger partial charge in [0, 0.05) is 19.6 Å². The molecule has 1 N–H and O–H groups in total. The number of hydrogen-bond donors (Lipinski definition) is 1. The first-order valence-electron chi connectivity index (χ1n) is 7.23. The molecule has 0 spiro atoms. The molecule has 1 aromatic heterocycles. The highest BCUT2D eigenvalue weighted by Gasteiger charge is 2.11. The van der Waals surface area contributed by atoms with Gasteiger partial charge in [-0.25, -0.2) is 0 Å². The van der Waals surface area contributed by atoms with Crippen LogP contribution in [-0.4, -0.2) is 41.2 Å². The number of nitrogens with one attached hydrogen (secondary N) is 1. The molecule has 0 aliphatic heterocycles. The van der Waals surface area contributed by atoms with Gasteiger partial charge in [0.25, 0.3) is 0 Å². The predicted molar refractivity (Wildman–Crippen MR) is 82.5 cm³/mol. The Morgan fingerprint density at radius 1 is 1.20 bits per heavy atom. The molecule has 0 fully saturated rings. The summed E-state index contributed by atoms with van der Waals surface area (Å²) in [4.78, 5) is 15.1. The number of anilines is 2. The lowest BCUT2D eigenvalue weighted by atomic mass is 10.3. The van der Waals surface area contributed by atoms with E-state index in [4.69, 9.17) is 4.74 Å². The maximum Gasteiger partial charge on any atom is 0.323 e. The lowest BCUT2D eigenvalue weighted by Gasteiger charge is -2.19. The van der Waals surface area contributed by atoms with Gasteiger partial charge in [-0.2, -0.15) is 15.0 Å². The lowest BCUT2D eigenvalue weighted by Crippen LogP contribution is -2.25. The minimum Gasteiger partial charge on any atom is -0.463 e. The van der Waals surface area contributed by atoms with E-state index < -0.39 is 0 Å². The Balaban J connectivity index is 2.83. The number of nitrogens with zero attached hydrogens (tertiary/aromatic N) is 4. The van der Waals surface area contributed by atoms with Gasteiger partial charge in [0.05, 0.1) is 6.61 Å². The Labute approximate surface area is 121 Å². The highest BCUT2D eigenvalue weighted by molar-refractivity contribution is 5.38. The van der Waals surface area contributed by atoms with E-state index in [-0.39, 0.29) is 0 Å². The molecule has 6 nitrogen and oxygen atoms in total. The molecule has 0 aliphatic rings. The molecule has 0 aliphatic carbocycles. The molecular weight excluding hydrogens is 254 g/mol. The average Bonchev–Trinajstić information content (AvgIpc) is 2.45. The lowest BCUT2D eigenvalue weighted by molar-refractivity contribution is 0.287. The van der Waals surface area contributed by atoms with Gasteiger partial charge in [0.15, 0.2) is 0 Å².